The summed E-state index contributed by atoms with van der Waals surface area (Å²) in [7, 11) is 0. The summed E-state index contributed by atoms with van der Waals surface area (Å²) in [4.78, 5) is 25.6. The molecule has 0 aliphatic carbocycles. The van der Waals surface area contributed by atoms with Crippen LogP contribution >= 0.6 is 11.6 Å². The third kappa shape index (κ3) is 3.35. The first kappa shape index (κ1) is 15.5. The highest BCUT2D eigenvalue weighted by Gasteiger charge is 2.25. The van der Waals surface area contributed by atoms with Crippen molar-refractivity contribution in [3.05, 3.63) is 16.9 Å². The molecule has 0 radical (unpaired) electrons. The third-order valence-electron chi connectivity index (χ3n) is 4.63. The van der Waals surface area contributed by atoms with Gasteiger partial charge in [0.05, 0.1) is 11.2 Å². The number of likely N-dealkylation sites (tertiary alicyclic amines) is 1. The van der Waals surface area contributed by atoms with E-state index in [1.54, 1.807) is 6.20 Å². The highest BCUT2D eigenvalue weighted by Crippen LogP contribution is 2.23. The van der Waals surface area contributed by atoms with E-state index in [1.807, 2.05) is 4.90 Å². The van der Waals surface area contributed by atoms with Crippen molar-refractivity contribution < 1.29 is 4.79 Å². The molecule has 1 unspecified atom stereocenters. The van der Waals surface area contributed by atoms with Gasteiger partial charge in [-0.2, -0.15) is 0 Å². The average Bonchev–Trinajstić information content (AvgIpc) is 2.96. The van der Waals surface area contributed by atoms with Crippen molar-refractivity contribution >= 4 is 23.5 Å². The predicted octanol–water partition coefficient (Wildman–Crippen LogP) is 2.99. The number of anilines is 1. The second-order valence-electron chi connectivity index (χ2n) is 6.39. The quantitative estimate of drug-likeness (QED) is 0.840. The number of nitrogens with zero attached hydrogens (tertiary/aromatic N) is 4. The molecule has 3 heterocycles. The smallest absolute Gasteiger partial charge is 0.274 e. The molecule has 2 aliphatic rings. The summed E-state index contributed by atoms with van der Waals surface area (Å²) >= 11 is 6.20. The molecular weight excluding hydrogens is 300 g/mol. The minimum Gasteiger partial charge on any atom is -0.341 e. The number of hydrogen-bond donors (Lipinski definition) is 0. The van der Waals surface area contributed by atoms with Gasteiger partial charge in [-0.15, -0.1) is 0 Å². The van der Waals surface area contributed by atoms with Gasteiger partial charge in [0, 0.05) is 26.2 Å². The van der Waals surface area contributed by atoms with Crippen LogP contribution in [-0.4, -0.2) is 47.0 Å². The molecule has 6 heteroatoms. The molecular formula is C16H23ClN4O. The largest absolute Gasteiger partial charge is 0.341 e. The molecule has 1 atom stereocenters. The van der Waals surface area contributed by atoms with E-state index in [4.69, 9.17) is 11.6 Å². The molecule has 0 saturated carbocycles. The van der Waals surface area contributed by atoms with Crippen molar-refractivity contribution in [1.29, 1.82) is 0 Å². The van der Waals surface area contributed by atoms with E-state index >= 15 is 0 Å². The Bertz CT molecular complexity index is 545. The highest BCUT2D eigenvalue weighted by atomic mass is 35.5. The molecule has 1 aromatic heterocycles. The lowest BCUT2D eigenvalue weighted by atomic mass is 10.0. The van der Waals surface area contributed by atoms with Crippen molar-refractivity contribution in [2.45, 2.75) is 39.0 Å². The van der Waals surface area contributed by atoms with E-state index < -0.39 is 0 Å². The molecule has 22 heavy (non-hydrogen) atoms. The van der Waals surface area contributed by atoms with E-state index in [9.17, 15) is 4.79 Å². The molecule has 0 N–H and O–H groups in total. The number of halogens is 1. The number of carbonyl (C=O) groups is 1. The van der Waals surface area contributed by atoms with Crippen molar-refractivity contribution in [1.82, 2.24) is 14.9 Å². The van der Waals surface area contributed by atoms with Crippen LogP contribution in [0.2, 0.25) is 5.02 Å². The first-order valence-electron chi connectivity index (χ1n) is 8.22. The van der Waals surface area contributed by atoms with Crippen molar-refractivity contribution in [2.75, 3.05) is 31.1 Å². The Labute approximate surface area is 136 Å². The number of aromatic nitrogens is 2. The maximum absolute atomic E-state index is 12.8. The molecule has 2 aliphatic heterocycles. The Hall–Kier alpha value is -1.36. The van der Waals surface area contributed by atoms with Crippen molar-refractivity contribution in [2.24, 2.45) is 5.92 Å². The van der Waals surface area contributed by atoms with Crippen molar-refractivity contribution in [3.8, 4) is 0 Å². The number of rotatable bonds is 2. The molecule has 2 fully saturated rings. The van der Waals surface area contributed by atoms with Gasteiger partial charge in [-0.05, 0) is 38.0 Å². The van der Waals surface area contributed by atoms with Gasteiger partial charge < -0.3 is 9.80 Å². The zero-order chi connectivity index (χ0) is 15.5. The monoisotopic (exact) mass is 322 g/mol. The molecule has 0 bridgehead atoms. The summed E-state index contributed by atoms with van der Waals surface area (Å²) in [6.07, 6.45) is 7.15. The van der Waals surface area contributed by atoms with Crippen LogP contribution in [0.4, 0.5) is 5.95 Å². The first-order valence-corrected chi connectivity index (χ1v) is 8.59. The Morgan fingerprint density at radius 1 is 1.18 bits per heavy atom. The topological polar surface area (TPSA) is 49.3 Å². The minimum absolute atomic E-state index is 0.0538. The van der Waals surface area contributed by atoms with Gasteiger partial charge in [-0.3, -0.25) is 4.79 Å². The molecule has 5 nitrogen and oxygen atoms in total. The van der Waals surface area contributed by atoms with E-state index in [0.717, 1.165) is 51.9 Å². The van der Waals surface area contributed by atoms with Gasteiger partial charge in [0.25, 0.3) is 5.91 Å². The molecule has 3 rings (SSSR count). The van der Waals surface area contributed by atoms with Crippen LogP contribution < -0.4 is 4.90 Å². The van der Waals surface area contributed by atoms with Gasteiger partial charge in [-0.25, -0.2) is 9.97 Å². The maximum atomic E-state index is 12.8. The number of hydrogen-bond acceptors (Lipinski definition) is 4. The Morgan fingerprint density at radius 3 is 2.73 bits per heavy atom. The Morgan fingerprint density at radius 2 is 1.95 bits per heavy atom. The summed E-state index contributed by atoms with van der Waals surface area (Å²) in [6.45, 7) is 5.74. The van der Waals surface area contributed by atoms with E-state index in [1.165, 1.54) is 6.42 Å². The fourth-order valence-electron chi connectivity index (χ4n) is 3.19. The van der Waals surface area contributed by atoms with Gasteiger partial charge >= 0.3 is 0 Å². The first-order chi connectivity index (χ1) is 10.6. The summed E-state index contributed by atoms with van der Waals surface area (Å²) in [5.74, 6) is 1.26. The van der Waals surface area contributed by atoms with E-state index in [0.29, 0.717) is 22.6 Å². The van der Waals surface area contributed by atoms with Crippen LogP contribution in [0.3, 0.4) is 0 Å². The third-order valence-corrected chi connectivity index (χ3v) is 4.90. The summed E-state index contributed by atoms with van der Waals surface area (Å²) in [5, 5.41) is 0.352. The molecule has 2 saturated heterocycles. The van der Waals surface area contributed by atoms with Gasteiger partial charge in [0.1, 0.15) is 0 Å². The second-order valence-corrected chi connectivity index (χ2v) is 6.80. The molecule has 120 valence electrons. The minimum atomic E-state index is -0.0538. The second kappa shape index (κ2) is 6.82. The summed E-state index contributed by atoms with van der Waals surface area (Å²) < 4.78 is 0. The van der Waals surface area contributed by atoms with Crippen molar-refractivity contribution in [3.63, 3.8) is 0 Å². The van der Waals surface area contributed by atoms with Crippen LogP contribution in [0.5, 0.6) is 0 Å². The fraction of sp³-hybridized carbons (Fsp3) is 0.688. The van der Waals surface area contributed by atoms with Gasteiger partial charge in [0.15, 0.2) is 5.69 Å². The predicted molar refractivity (Wildman–Crippen MR) is 87.4 cm³/mol. The van der Waals surface area contributed by atoms with Crippen LogP contribution in [0, 0.1) is 5.92 Å². The normalized spacial score (nSPS) is 22.7. The maximum Gasteiger partial charge on any atom is 0.274 e. The molecule has 0 aromatic carbocycles. The van der Waals surface area contributed by atoms with E-state index in [-0.39, 0.29) is 5.91 Å². The molecule has 1 aromatic rings. The van der Waals surface area contributed by atoms with Gasteiger partial charge in [0.2, 0.25) is 5.95 Å². The zero-order valence-electron chi connectivity index (χ0n) is 13.1. The van der Waals surface area contributed by atoms with E-state index in [2.05, 4.69) is 21.8 Å². The molecule has 1 amide bonds. The Kier molecular flexibility index (Phi) is 4.81. The average molecular weight is 323 g/mol. The summed E-state index contributed by atoms with van der Waals surface area (Å²) in [5.41, 5.74) is 0.355. The Balaban J connectivity index is 1.80. The highest BCUT2D eigenvalue weighted by molar-refractivity contribution is 6.33. The fourth-order valence-corrected chi connectivity index (χ4v) is 3.37. The van der Waals surface area contributed by atoms with Crippen LogP contribution in [0.1, 0.15) is 49.5 Å². The lowest BCUT2D eigenvalue weighted by Crippen LogP contribution is -2.33. The summed E-state index contributed by atoms with van der Waals surface area (Å²) in [6, 6.07) is 0. The van der Waals surface area contributed by atoms with Crippen LogP contribution in [-0.2, 0) is 0 Å². The SMILES string of the molecule is CC1CCCN(C(=O)c2nc(N3CCCC3)ncc2Cl)CC1. The number of amides is 1. The zero-order valence-corrected chi connectivity index (χ0v) is 13.8. The molecule has 0 spiro atoms. The van der Waals surface area contributed by atoms with Crippen LogP contribution in [0.25, 0.3) is 0 Å². The van der Waals surface area contributed by atoms with Crippen LogP contribution in [0.15, 0.2) is 6.20 Å². The number of carbonyl (C=O) groups excluding carboxylic acids is 1. The lowest BCUT2D eigenvalue weighted by molar-refractivity contribution is 0.0754. The lowest BCUT2D eigenvalue weighted by Gasteiger charge is -2.21. The van der Waals surface area contributed by atoms with Gasteiger partial charge in [-0.1, -0.05) is 18.5 Å². The standard InChI is InChI=1S/C16H23ClN4O/c1-12-5-4-9-20(10-6-12)15(22)14-13(17)11-18-16(19-14)21-7-2-3-8-21/h11-12H,2-10H2,1H3.